The number of aliphatic hydroxyl groups is 1. The molecule has 0 rings (SSSR count). The van der Waals surface area contributed by atoms with Gasteiger partial charge in [-0.3, -0.25) is 0 Å². The van der Waals surface area contributed by atoms with Gasteiger partial charge in [-0.15, -0.1) is 0 Å². The van der Waals surface area contributed by atoms with Gasteiger partial charge in [0.15, 0.2) is 0 Å². The van der Waals surface area contributed by atoms with Crippen molar-refractivity contribution in [2.24, 2.45) is 11.8 Å². The number of hydrogen-bond acceptors (Lipinski definition) is 2. The lowest BCUT2D eigenvalue weighted by Crippen LogP contribution is -2.29. The largest absolute Gasteiger partial charge is 0.393 e. The van der Waals surface area contributed by atoms with Crippen LogP contribution in [0.25, 0.3) is 0 Å². The molecular formula is C22H46O2. The van der Waals surface area contributed by atoms with Crippen molar-refractivity contribution in [1.29, 1.82) is 0 Å². The van der Waals surface area contributed by atoms with E-state index in [1.165, 1.54) is 77.0 Å². The molecule has 24 heavy (non-hydrogen) atoms. The molecule has 0 aromatic carbocycles. The van der Waals surface area contributed by atoms with Gasteiger partial charge in [0.05, 0.1) is 12.7 Å². The van der Waals surface area contributed by atoms with Crippen LogP contribution in [-0.4, -0.2) is 24.9 Å². The minimum Gasteiger partial charge on any atom is -0.393 e. The molecular weight excluding hydrogens is 296 g/mol. The standard InChI is InChI=1S/C22H46O2/c1-5-6-7-8-9-10-11-12-13-14-15-16-17-18-22(23)21(19-24-4)20(2)3/h20-23H,5-19H2,1-4H3/t21-,22-/m1/s1. The van der Waals surface area contributed by atoms with Gasteiger partial charge in [-0.1, -0.05) is 104 Å². The number of ether oxygens (including phenoxy) is 1. The predicted octanol–water partition coefficient (Wildman–Crippen LogP) is 6.75. The lowest BCUT2D eigenvalue weighted by molar-refractivity contribution is 0.0185. The molecule has 146 valence electrons. The molecule has 0 aliphatic rings. The van der Waals surface area contributed by atoms with Gasteiger partial charge in [0.25, 0.3) is 0 Å². The summed E-state index contributed by atoms with van der Waals surface area (Å²) in [7, 11) is 1.73. The van der Waals surface area contributed by atoms with E-state index in [1.54, 1.807) is 7.11 Å². The number of aliphatic hydroxyl groups excluding tert-OH is 1. The molecule has 0 radical (unpaired) electrons. The van der Waals surface area contributed by atoms with Crippen molar-refractivity contribution < 1.29 is 9.84 Å². The highest BCUT2D eigenvalue weighted by Gasteiger charge is 2.21. The van der Waals surface area contributed by atoms with Gasteiger partial charge >= 0.3 is 0 Å². The lowest BCUT2D eigenvalue weighted by Gasteiger charge is -2.25. The number of unbranched alkanes of at least 4 members (excludes halogenated alkanes) is 12. The van der Waals surface area contributed by atoms with Gasteiger partial charge < -0.3 is 9.84 Å². The molecule has 0 aromatic rings. The highest BCUT2D eigenvalue weighted by atomic mass is 16.5. The summed E-state index contributed by atoms with van der Waals surface area (Å²) in [5.74, 6) is 0.772. The van der Waals surface area contributed by atoms with E-state index >= 15 is 0 Å². The van der Waals surface area contributed by atoms with E-state index in [0.29, 0.717) is 12.5 Å². The second kappa shape index (κ2) is 17.7. The van der Waals surface area contributed by atoms with E-state index in [-0.39, 0.29) is 12.0 Å². The highest BCUT2D eigenvalue weighted by molar-refractivity contribution is 4.71. The molecule has 0 saturated carbocycles. The van der Waals surface area contributed by atoms with Crippen LogP contribution in [0.15, 0.2) is 0 Å². The average molecular weight is 343 g/mol. The van der Waals surface area contributed by atoms with Crippen LogP contribution in [0.5, 0.6) is 0 Å². The Bertz CT molecular complexity index is 240. The first kappa shape index (κ1) is 23.9. The smallest absolute Gasteiger partial charge is 0.0592 e. The van der Waals surface area contributed by atoms with Crippen LogP contribution in [0.1, 0.15) is 111 Å². The Balaban J connectivity index is 3.35. The Morgan fingerprint density at radius 3 is 1.50 bits per heavy atom. The van der Waals surface area contributed by atoms with Gasteiger partial charge in [-0.05, 0) is 12.3 Å². The Hall–Kier alpha value is -0.0800. The van der Waals surface area contributed by atoms with Gasteiger partial charge in [0.1, 0.15) is 0 Å². The van der Waals surface area contributed by atoms with Crippen molar-refractivity contribution in [3.8, 4) is 0 Å². The Morgan fingerprint density at radius 1 is 0.708 bits per heavy atom. The van der Waals surface area contributed by atoms with E-state index in [4.69, 9.17) is 4.74 Å². The molecule has 0 saturated heterocycles. The van der Waals surface area contributed by atoms with Gasteiger partial charge in [-0.25, -0.2) is 0 Å². The van der Waals surface area contributed by atoms with Crippen LogP contribution in [0.4, 0.5) is 0 Å². The van der Waals surface area contributed by atoms with Gasteiger partial charge in [0, 0.05) is 13.0 Å². The summed E-state index contributed by atoms with van der Waals surface area (Å²) in [5.41, 5.74) is 0. The monoisotopic (exact) mass is 342 g/mol. The van der Waals surface area contributed by atoms with Crippen LogP contribution in [0.3, 0.4) is 0 Å². The fourth-order valence-electron chi connectivity index (χ4n) is 3.53. The minimum atomic E-state index is -0.197. The van der Waals surface area contributed by atoms with E-state index < -0.39 is 0 Å². The maximum Gasteiger partial charge on any atom is 0.0592 e. The summed E-state index contributed by atoms with van der Waals surface area (Å²) in [4.78, 5) is 0. The van der Waals surface area contributed by atoms with Crippen molar-refractivity contribution in [2.75, 3.05) is 13.7 Å². The molecule has 0 spiro atoms. The number of rotatable bonds is 18. The predicted molar refractivity (Wildman–Crippen MR) is 107 cm³/mol. The molecule has 0 unspecified atom stereocenters. The third kappa shape index (κ3) is 14.3. The molecule has 0 heterocycles. The van der Waals surface area contributed by atoms with Crippen LogP contribution < -0.4 is 0 Å². The second-order valence-corrected chi connectivity index (χ2v) is 7.96. The van der Waals surface area contributed by atoms with Crippen molar-refractivity contribution >= 4 is 0 Å². The van der Waals surface area contributed by atoms with Crippen molar-refractivity contribution in [2.45, 2.75) is 117 Å². The Labute approximate surface area is 152 Å². The summed E-state index contributed by atoms with van der Waals surface area (Å²) < 4.78 is 5.25. The molecule has 2 heteroatoms. The molecule has 0 fully saturated rings. The second-order valence-electron chi connectivity index (χ2n) is 7.96. The molecule has 0 bridgehead atoms. The maximum absolute atomic E-state index is 10.3. The molecule has 1 N–H and O–H groups in total. The molecule has 2 nitrogen and oxygen atoms in total. The summed E-state index contributed by atoms with van der Waals surface area (Å²) >= 11 is 0. The fraction of sp³-hybridized carbons (Fsp3) is 1.00. The SMILES string of the molecule is CCCCCCCCCCCCCCC[C@@H](O)[C@H](COC)C(C)C. The van der Waals surface area contributed by atoms with Crippen molar-refractivity contribution in [3.63, 3.8) is 0 Å². The fourth-order valence-corrected chi connectivity index (χ4v) is 3.53. The van der Waals surface area contributed by atoms with Crippen LogP contribution in [-0.2, 0) is 4.74 Å². The average Bonchev–Trinajstić information content (AvgIpc) is 2.56. The van der Waals surface area contributed by atoms with E-state index in [1.807, 2.05) is 0 Å². The molecule has 0 aromatic heterocycles. The zero-order valence-corrected chi connectivity index (χ0v) is 17.2. The number of hydrogen-bond donors (Lipinski definition) is 1. The van der Waals surface area contributed by atoms with E-state index in [0.717, 1.165) is 12.8 Å². The van der Waals surface area contributed by atoms with Gasteiger partial charge in [0.2, 0.25) is 0 Å². The molecule has 2 atom stereocenters. The van der Waals surface area contributed by atoms with Crippen LogP contribution >= 0.6 is 0 Å². The summed E-state index contributed by atoms with van der Waals surface area (Å²) in [6, 6.07) is 0. The molecule has 0 aliphatic heterocycles. The zero-order chi connectivity index (χ0) is 18.0. The first-order chi connectivity index (χ1) is 11.6. The van der Waals surface area contributed by atoms with Crippen LogP contribution in [0, 0.1) is 11.8 Å². The third-order valence-corrected chi connectivity index (χ3v) is 5.31. The molecule has 0 amide bonds. The van der Waals surface area contributed by atoms with E-state index in [9.17, 15) is 5.11 Å². The lowest BCUT2D eigenvalue weighted by atomic mass is 9.88. The highest BCUT2D eigenvalue weighted by Crippen LogP contribution is 2.21. The van der Waals surface area contributed by atoms with E-state index in [2.05, 4.69) is 20.8 Å². The first-order valence-electron chi connectivity index (χ1n) is 10.8. The molecule has 0 aliphatic carbocycles. The number of methoxy groups -OCH3 is 1. The summed E-state index contributed by atoms with van der Waals surface area (Å²) in [5, 5.41) is 10.3. The van der Waals surface area contributed by atoms with Crippen LogP contribution in [0.2, 0.25) is 0 Å². The first-order valence-corrected chi connectivity index (χ1v) is 10.8. The van der Waals surface area contributed by atoms with Crippen molar-refractivity contribution in [3.05, 3.63) is 0 Å². The third-order valence-electron chi connectivity index (χ3n) is 5.31. The topological polar surface area (TPSA) is 29.5 Å². The minimum absolute atomic E-state index is 0.197. The normalized spacial score (nSPS) is 14.2. The summed E-state index contributed by atoms with van der Waals surface area (Å²) in [6.45, 7) is 7.31. The summed E-state index contributed by atoms with van der Waals surface area (Å²) in [6.07, 6.45) is 18.6. The Morgan fingerprint density at radius 2 is 1.12 bits per heavy atom. The Kier molecular flexibility index (Phi) is 17.7. The quantitative estimate of drug-likeness (QED) is 0.279. The zero-order valence-electron chi connectivity index (χ0n) is 17.2. The van der Waals surface area contributed by atoms with Gasteiger partial charge in [-0.2, -0.15) is 0 Å². The van der Waals surface area contributed by atoms with Crippen molar-refractivity contribution in [1.82, 2.24) is 0 Å². The maximum atomic E-state index is 10.3.